The second-order valence-corrected chi connectivity index (χ2v) is 9.11. The Kier molecular flexibility index (Phi) is 5.99. The summed E-state index contributed by atoms with van der Waals surface area (Å²) >= 11 is 2.10. The first-order valence-electron chi connectivity index (χ1n) is 9.63. The molecule has 4 fully saturated rings. The van der Waals surface area contributed by atoms with Crippen molar-refractivity contribution in [2.75, 3.05) is 26.4 Å². The number of fused-ring (bicyclic) bond motifs is 4. The Bertz CT molecular complexity index is 416. The molecule has 0 radical (unpaired) electrons. The van der Waals surface area contributed by atoms with E-state index in [1.165, 1.54) is 19.3 Å². The summed E-state index contributed by atoms with van der Waals surface area (Å²) < 4.78 is 12.1. The summed E-state index contributed by atoms with van der Waals surface area (Å²) in [6, 6.07) is 1.17. The monoisotopic (exact) mass is 356 g/mol. The van der Waals surface area contributed by atoms with Crippen LogP contribution in [-0.4, -0.2) is 61.3 Å². The van der Waals surface area contributed by atoms with Crippen molar-refractivity contribution in [1.29, 1.82) is 0 Å². The molecule has 0 aromatic carbocycles. The average molecular weight is 357 g/mol. The maximum atomic E-state index is 6.37. The van der Waals surface area contributed by atoms with Gasteiger partial charge in [-0.2, -0.15) is 0 Å². The highest BCUT2D eigenvalue weighted by molar-refractivity contribution is 8.00. The Morgan fingerprint density at radius 2 is 2.04 bits per heavy atom. The maximum Gasteiger partial charge on any atom is 0.0965 e. The molecule has 24 heavy (non-hydrogen) atoms. The van der Waals surface area contributed by atoms with Crippen LogP contribution in [0.2, 0.25) is 0 Å². The molecule has 0 amide bonds. The van der Waals surface area contributed by atoms with Gasteiger partial charge in [0.15, 0.2) is 0 Å². The normalized spacial score (nSPS) is 47.6. The van der Waals surface area contributed by atoms with E-state index in [1.807, 2.05) is 0 Å². The third-order valence-corrected chi connectivity index (χ3v) is 7.46. The number of thioether (sulfide) groups is 1. The summed E-state index contributed by atoms with van der Waals surface area (Å²) in [5.41, 5.74) is 7.19. The van der Waals surface area contributed by atoms with Gasteiger partial charge in [0, 0.05) is 23.9 Å². The standard InChI is InChI=1S/C17H32N4O2S/c1-11-4-6-18-10-22-7-5-16-19-9-15(24-16)17-13-8-12(23-11)2-3-14(13)20-21-17/h11-21H,2-10H2,1H3/t11-,12?,13?,14?,15?,16?,17?/m1/s1. The highest BCUT2D eigenvalue weighted by Gasteiger charge is 2.46. The summed E-state index contributed by atoms with van der Waals surface area (Å²) in [6.45, 7) is 5.74. The summed E-state index contributed by atoms with van der Waals surface area (Å²) in [5, 5.41) is 8.22. The van der Waals surface area contributed by atoms with Crippen LogP contribution in [0.4, 0.5) is 0 Å². The van der Waals surface area contributed by atoms with Crippen LogP contribution in [0.25, 0.3) is 0 Å². The van der Waals surface area contributed by atoms with E-state index in [-0.39, 0.29) is 0 Å². The minimum atomic E-state index is 0.319. The summed E-state index contributed by atoms with van der Waals surface area (Å²) in [7, 11) is 0. The number of rotatable bonds is 0. The zero-order chi connectivity index (χ0) is 16.4. The van der Waals surface area contributed by atoms with E-state index >= 15 is 0 Å². The van der Waals surface area contributed by atoms with Gasteiger partial charge in [-0.15, -0.1) is 11.8 Å². The van der Waals surface area contributed by atoms with Gasteiger partial charge in [-0.25, -0.2) is 0 Å². The smallest absolute Gasteiger partial charge is 0.0965 e. The number of hydrogen-bond acceptors (Lipinski definition) is 7. The Morgan fingerprint density at radius 1 is 1.08 bits per heavy atom. The predicted molar refractivity (Wildman–Crippen MR) is 96.7 cm³/mol. The topological polar surface area (TPSA) is 66.6 Å². The van der Waals surface area contributed by atoms with Crippen molar-refractivity contribution >= 4 is 11.8 Å². The molecule has 0 spiro atoms. The van der Waals surface area contributed by atoms with Crippen LogP contribution in [0, 0.1) is 5.92 Å². The fourth-order valence-corrected chi connectivity index (χ4v) is 6.07. The fraction of sp³-hybridized carbons (Fsp3) is 1.00. The van der Waals surface area contributed by atoms with Gasteiger partial charge >= 0.3 is 0 Å². The molecule has 3 aliphatic heterocycles. The lowest BCUT2D eigenvalue weighted by atomic mass is 9.79. The van der Waals surface area contributed by atoms with Gasteiger partial charge in [0.1, 0.15) is 0 Å². The first kappa shape index (κ1) is 17.5. The van der Waals surface area contributed by atoms with Crippen molar-refractivity contribution in [3.05, 3.63) is 0 Å². The van der Waals surface area contributed by atoms with E-state index in [1.54, 1.807) is 0 Å². The number of ether oxygens (including phenoxy) is 2. The van der Waals surface area contributed by atoms with E-state index in [0.29, 0.717) is 47.6 Å². The Hall–Kier alpha value is 0.110. The van der Waals surface area contributed by atoms with Crippen molar-refractivity contribution in [3.8, 4) is 0 Å². The third-order valence-electron chi connectivity index (χ3n) is 5.92. The molecule has 3 saturated heterocycles. The zero-order valence-corrected chi connectivity index (χ0v) is 15.4. The number of hydrazine groups is 1. The minimum Gasteiger partial charge on any atom is -0.375 e. The lowest BCUT2D eigenvalue weighted by Gasteiger charge is -2.35. The molecule has 7 atom stereocenters. The Balaban J connectivity index is 1.42. The highest BCUT2D eigenvalue weighted by Crippen LogP contribution is 2.38. The molecule has 3 heterocycles. The van der Waals surface area contributed by atoms with E-state index in [4.69, 9.17) is 9.47 Å². The van der Waals surface area contributed by atoms with Crippen molar-refractivity contribution in [3.63, 3.8) is 0 Å². The lowest BCUT2D eigenvalue weighted by molar-refractivity contribution is -0.0387. The van der Waals surface area contributed by atoms with Gasteiger partial charge < -0.3 is 14.8 Å². The highest BCUT2D eigenvalue weighted by atomic mass is 32.2. The first-order chi connectivity index (χ1) is 11.8. The van der Waals surface area contributed by atoms with E-state index < -0.39 is 0 Å². The second-order valence-electron chi connectivity index (χ2n) is 7.67. The fourth-order valence-electron chi connectivity index (χ4n) is 4.59. The molecular weight excluding hydrogens is 324 g/mol. The molecule has 0 aromatic rings. The molecular formula is C17H32N4O2S. The molecule has 0 aromatic heterocycles. The van der Waals surface area contributed by atoms with Crippen LogP contribution < -0.4 is 21.5 Å². The number of hydrogen-bond donors (Lipinski definition) is 4. The summed E-state index contributed by atoms with van der Waals surface area (Å²) in [4.78, 5) is 0. The van der Waals surface area contributed by atoms with Gasteiger partial charge in [-0.1, -0.05) is 0 Å². The van der Waals surface area contributed by atoms with E-state index in [2.05, 4.69) is 40.2 Å². The quantitative estimate of drug-likeness (QED) is 0.512. The SMILES string of the molecule is C[C@@H]1CCNCOCCC2NCC(S2)C2NNC3CCC(CC32)O1. The van der Waals surface area contributed by atoms with Crippen molar-refractivity contribution in [2.24, 2.45) is 5.92 Å². The molecule has 4 bridgehead atoms. The lowest BCUT2D eigenvalue weighted by Crippen LogP contribution is -2.43. The number of nitrogens with one attached hydrogen (secondary N) is 4. The van der Waals surface area contributed by atoms with Gasteiger partial charge in [-0.05, 0) is 51.5 Å². The molecule has 4 rings (SSSR count). The van der Waals surface area contributed by atoms with Crippen molar-refractivity contribution in [2.45, 2.75) is 73.9 Å². The van der Waals surface area contributed by atoms with Crippen LogP contribution in [0.3, 0.4) is 0 Å². The molecule has 138 valence electrons. The molecule has 4 N–H and O–H groups in total. The second kappa shape index (κ2) is 8.20. The predicted octanol–water partition coefficient (Wildman–Crippen LogP) is 0.794. The minimum absolute atomic E-state index is 0.319. The van der Waals surface area contributed by atoms with E-state index in [0.717, 1.165) is 32.5 Å². The third kappa shape index (κ3) is 4.09. The van der Waals surface area contributed by atoms with E-state index in [9.17, 15) is 0 Å². The van der Waals surface area contributed by atoms with Crippen LogP contribution in [0.1, 0.15) is 39.0 Å². The van der Waals surface area contributed by atoms with Crippen LogP contribution in [0.15, 0.2) is 0 Å². The molecule has 6 unspecified atom stereocenters. The average Bonchev–Trinajstić information content (AvgIpc) is 3.19. The molecule has 1 saturated carbocycles. The van der Waals surface area contributed by atoms with Gasteiger partial charge in [0.05, 0.1) is 30.9 Å². The van der Waals surface area contributed by atoms with Gasteiger partial charge in [-0.3, -0.25) is 16.2 Å². The van der Waals surface area contributed by atoms with Crippen LogP contribution >= 0.6 is 11.8 Å². The van der Waals surface area contributed by atoms with Crippen LogP contribution in [-0.2, 0) is 9.47 Å². The Labute approximate surface area is 149 Å². The van der Waals surface area contributed by atoms with Gasteiger partial charge in [0.25, 0.3) is 0 Å². The zero-order valence-electron chi connectivity index (χ0n) is 14.6. The van der Waals surface area contributed by atoms with Crippen molar-refractivity contribution in [1.82, 2.24) is 21.5 Å². The summed E-state index contributed by atoms with van der Waals surface area (Å²) in [5.74, 6) is 0.691. The van der Waals surface area contributed by atoms with Crippen LogP contribution in [0.5, 0.6) is 0 Å². The maximum absolute atomic E-state index is 6.37. The molecule has 7 heteroatoms. The largest absolute Gasteiger partial charge is 0.375 e. The molecule has 6 nitrogen and oxygen atoms in total. The molecule has 4 aliphatic rings. The Morgan fingerprint density at radius 3 is 3.00 bits per heavy atom. The first-order valence-corrected chi connectivity index (χ1v) is 10.6. The summed E-state index contributed by atoms with van der Waals surface area (Å²) in [6.07, 6.45) is 6.48. The van der Waals surface area contributed by atoms with Gasteiger partial charge in [0.2, 0.25) is 0 Å². The molecule has 1 aliphatic carbocycles. The van der Waals surface area contributed by atoms with Crippen molar-refractivity contribution < 1.29 is 9.47 Å².